The Labute approximate surface area is 105 Å². The van der Waals surface area contributed by atoms with Crippen molar-refractivity contribution in [3.8, 4) is 0 Å². The second kappa shape index (κ2) is 6.11. The van der Waals surface area contributed by atoms with Gasteiger partial charge in [0.05, 0.1) is 23.1 Å². The number of carbonyl (C=O) groups is 1. The van der Waals surface area contributed by atoms with Crippen LogP contribution in [0.15, 0.2) is 23.4 Å². The summed E-state index contributed by atoms with van der Waals surface area (Å²) in [6.07, 6.45) is 1.60. The number of hydrogen-bond donors (Lipinski definition) is 0. The number of pyridine rings is 1. The Morgan fingerprint density at radius 2 is 2.19 bits per heavy atom. The zero-order valence-electron chi connectivity index (χ0n) is 9.44. The van der Waals surface area contributed by atoms with E-state index in [0.29, 0.717) is 5.02 Å². The van der Waals surface area contributed by atoms with Crippen LogP contribution in [-0.2, 0) is 9.53 Å². The maximum atomic E-state index is 11.3. The molecule has 2 unspecified atom stereocenters. The number of carbonyl (C=O) groups excluding carboxylic acids is 1. The molecule has 0 aliphatic heterocycles. The first-order chi connectivity index (χ1) is 7.54. The summed E-state index contributed by atoms with van der Waals surface area (Å²) in [6.45, 7) is 3.82. The van der Waals surface area contributed by atoms with Crippen LogP contribution in [0.2, 0.25) is 5.02 Å². The summed E-state index contributed by atoms with van der Waals surface area (Å²) in [5, 5.41) is 1.58. The van der Waals surface area contributed by atoms with Crippen LogP contribution >= 0.6 is 23.4 Å². The zero-order valence-corrected chi connectivity index (χ0v) is 11.0. The molecule has 5 heteroatoms. The van der Waals surface area contributed by atoms with Crippen molar-refractivity contribution in [1.29, 1.82) is 0 Å². The second-order valence-electron chi connectivity index (χ2n) is 3.45. The topological polar surface area (TPSA) is 39.2 Å². The van der Waals surface area contributed by atoms with E-state index in [-0.39, 0.29) is 17.1 Å². The lowest BCUT2D eigenvalue weighted by atomic mass is 10.1. The molecule has 0 amide bonds. The lowest BCUT2D eigenvalue weighted by Crippen LogP contribution is -2.21. The minimum absolute atomic E-state index is 0.112. The third-order valence-corrected chi connectivity index (χ3v) is 3.77. The Balaban J connectivity index is 2.60. The summed E-state index contributed by atoms with van der Waals surface area (Å²) < 4.78 is 4.70. The van der Waals surface area contributed by atoms with Crippen LogP contribution in [0.25, 0.3) is 0 Å². The van der Waals surface area contributed by atoms with Gasteiger partial charge in [0, 0.05) is 11.4 Å². The molecule has 0 saturated carbocycles. The van der Waals surface area contributed by atoms with E-state index in [0.717, 1.165) is 5.03 Å². The summed E-state index contributed by atoms with van der Waals surface area (Å²) in [5.74, 6) is -0.360. The molecule has 1 heterocycles. The first-order valence-corrected chi connectivity index (χ1v) is 6.16. The smallest absolute Gasteiger partial charge is 0.309 e. The monoisotopic (exact) mass is 259 g/mol. The number of nitrogens with zero attached hydrogens (tertiary/aromatic N) is 1. The standard InChI is InChI=1S/C11H14ClNO2S/c1-7(11(14)15-3)8(2)16-10-5-4-9(12)6-13-10/h4-8H,1-3H3. The number of hydrogen-bond acceptors (Lipinski definition) is 4. The van der Waals surface area contributed by atoms with Gasteiger partial charge in [-0.2, -0.15) is 0 Å². The van der Waals surface area contributed by atoms with Crippen LogP contribution < -0.4 is 0 Å². The van der Waals surface area contributed by atoms with Crippen LogP contribution in [0.5, 0.6) is 0 Å². The normalized spacial score (nSPS) is 14.2. The van der Waals surface area contributed by atoms with E-state index in [1.165, 1.54) is 18.9 Å². The summed E-state index contributed by atoms with van der Waals surface area (Å²) >= 11 is 7.27. The molecular weight excluding hydrogens is 246 g/mol. The van der Waals surface area contributed by atoms with Crippen molar-refractivity contribution in [2.24, 2.45) is 5.92 Å². The molecule has 0 aromatic carbocycles. The fourth-order valence-corrected chi connectivity index (χ4v) is 2.17. The average molecular weight is 260 g/mol. The number of esters is 1. The average Bonchev–Trinajstić information content (AvgIpc) is 2.30. The molecule has 2 atom stereocenters. The highest BCUT2D eigenvalue weighted by Gasteiger charge is 2.21. The Morgan fingerprint density at radius 3 is 2.69 bits per heavy atom. The van der Waals surface area contributed by atoms with Crippen molar-refractivity contribution in [2.45, 2.75) is 24.1 Å². The third-order valence-electron chi connectivity index (χ3n) is 2.28. The van der Waals surface area contributed by atoms with Crippen molar-refractivity contribution in [2.75, 3.05) is 7.11 Å². The van der Waals surface area contributed by atoms with E-state index in [1.807, 2.05) is 19.9 Å². The molecule has 0 fully saturated rings. The molecule has 0 saturated heterocycles. The maximum absolute atomic E-state index is 11.3. The Kier molecular flexibility index (Phi) is 5.09. The zero-order chi connectivity index (χ0) is 12.1. The fraction of sp³-hybridized carbons (Fsp3) is 0.455. The van der Waals surface area contributed by atoms with Crippen LogP contribution in [0.1, 0.15) is 13.8 Å². The lowest BCUT2D eigenvalue weighted by molar-refractivity contribution is -0.144. The highest BCUT2D eigenvalue weighted by Crippen LogP contribution is 2.27. The maximum Gasteiger partial charge on any atom is 0.309 e. The number of halogens is 1. The van der Waals surface area contributed by atoms with Crippen molar-refractivity contribution in [3.05, 3.63) is 23.4 Å². The Morgan fingerprint density at radius 1 is 1.50 bits per heavy atom. The SMILES string of the molecule is COC(=O)C(C)C(C)Sc1ccc(Cl)cn1. The molecule has 88 valence electrons. The van der Waals surface area contributed by atoms with Gasteiger partial charge in [-0.05, 0) is 12.1 Å². The quantitative estimate of drug-likeness (QED) is 0.616. The Hall–Kier alpha value is -0.740. The van der Waals surface area contributed by atoms with Crippen LogP contribution in [0.4, 0.5) is 0 Å². The molecule has 1 aromatic rings. The van der Waals surface area contributed by atoms with Crippen molar-refractivity contribution < 1.29 is 9.53 Å². The number of thioether (sulfide) groups is 1. The molecule has 0 bridgehead atoms. The van der Waals surface area contributed by atoms with Crippen molar-refractivity contribution >= 4 is 29.3 Å². The molecule has 3 nitrogen and oxygen atoms in total. The summed E-state index contributed by atoms with van der Waals surface area (Å²) in [5.41, 5.74) is 0. The van der Waals surface area contributed by atoms with Gasteiger partial charge in [0.2, 0.25) is 0 Å². The van der Waals surface area contributed by atoms with Gasteiger partial charge in [-0.25, -0.2) is 4.98 Å². The van der Waals surface area contributed by atoms with Crippen LogP contribution in [-0.4, -0.2) is 23.3 Å². The minimum Gasteiger partial charge on any atom is -0.469 e. The first kappa shape index (κ1) is 13.3. The van der Waals surface area contributed by atoms with Crippen molar-refractivity contribution in [1.82, 2.24) is 4.98 Å². The highest BCUT2D eigenvalue weighted by atomic mass is 35.5. The van der Waals surface area contributed by atoms with Gasteiger partial charge in [-0.3, -0.25) is 4.79 Å². The van der Waals surface area contributed by atoms with E-state index in [4.69, 9.17) is 16.3 Å². The molecule has 0 spiro atoms. The molecule has 16 heavy (non-hydrogen) atoms. The predicted molar refractivity (Wildman–Crippen MR) is 65.7 cm³/mol. The van der Waals surface area contributed by atoms with E-state index in [9.17, 15) is 4.79 Å². The summed E-state index contributed by atoms with van der Waals surface area (Å²) in [4.78, 5) is 15.5. The second-order valence-corrected chi connectivity index (χ2v) is 5.28. The summed E-state index contributed by atoms with van der Waals surface area (Å²) in [7, 11) is 1.40. The van der Waals surface area contributed by atoms with Crippen LogP contribution in [0.3, 0.4) is 0 Å². The van der Waals surface area contributed by atoms with E-state index in [1.54, 1.807) is 12.3 Å². The number of ether oxygens (including phenoxy) is 1. The van der Waals surface area contributed by atoms with Gasteiger partial charge in [-0.15, -0.1) is 11.8 Å². The molecule has 0 aliphatic carbocycles. The van der Waals surface area contributed by atoms with E-state index < -0.39 is 0 Å². The molecule has 0 N–H and O–H groups in total. The van der Waals surface area contributed by atoms with Gasteiger partial charge in [0.1, 0.15) is 0 Å². The van der Waals surface area contributed by atoms with E-state index >= 15 is 0 Å². The molecular formula is C11H14ClNO2S. The number of methoxy groups -OCH3 is 1. The fourth-order valence-electron chi connectivity index (χ4n) is 1.10. The van der Waals surface area contributed by atoms with Crippen LogP contribution in [0, 0.1) is 5.92 Å². The van der Waals surface area contributed by atoms with Gasteiger partial charge >= 0.3 is 5.97 Å². The predicted octanol–water partition coefficient (Wildman–Crippen LogP) is 3.02. The number of rotatable bonds is 4. The summed E-state index contributed by atoms with van der Waals surface area (Å²) in [6, 6.07) is 3.62. The lowest BCUT2D eigenvalue weighted by Gasteiger charge is -2.16. The van der Waals surface area contributed by atoms with E-state index in [2.05, 4.69) is 4.98 Å². The van der Waals surface area contributed by atoms with Gasteiger partial charge in [-0.1, -0.05) is 25.4 Å². The Bertz CT molecular complexity index is 356. The highest BCUT2D eigenvalue weighted by molar-refractivity contribution is 7.99. The largest absolute Gasteiger partial charge is 0.469 e. The first-order valence-electron chi connectivity index (χ1n) is 4.90. The van der Waals surface area contributed by atoms with Gasteiger partial charge in [0.25, 0.3) is 0 Å². The van der Waals surface area contributed by atoms with Gasteiger partial charge in [0.15, 0.2) is 0 Å². The number of aromatic nitrogens is 1. The molecule has 0 radical (unpaired) electrons. The molecule has 1 rings (SSSR count). The minimum atomic E-state index is -0.200. The molecule has 0 aliphatic rings. The van der Waals surface area contributed by atoms with Gasteiger partial charge < -0.3 is 4.74 Å². The molecule has 1 aromatic heterocycles. The van der Waals surface area contributed by atoms with Crippen molar-refractivity contribution in [3.63, 3.8) is 0 Å². The third kappa shape index (κ3) is 3.68.